The van der Waals surface area contributed by atoms with E-state index in [9.17, 15) is 4.79 Å². The summed E-state index contributed by atoms with van der Waals surface area (Å²) in [4.78, 5) is 12.9. The molecule has 1 aliphatic rings. The van der Waals surface area contributed by atoms with Crippen LogP contribution in [0.2, 0.25) is 0 Å². The van der Waals surface area contributed by atoms with Gasteiger partial charge in [-0.15, -0.1) is 0 Å². The fraction of sp³-hybridized carbons (Fsp3) is 0.615. The first-order valence-corrected chi connectivity index (χ1v) is 6.03. The molecule has 2 atom stereocenters. The van der Waals surface area contributed by atoms with Gasteiger partial charge in [-0.25, -0.2) is 0 Å². The van der Waals surface area contributed by atoms with Gasteiger partial charge < -0.3 is 14.4 Å². The van der Waals surface area contributed by atoms with Gasteiger partial charge in [-0.05, 0) is 38.4 Å². The van der Waals surface area contributed by atoms with E-state index in [1.807, 2.05) is 26.1 Å². The van der Waals surface area contributed by atoms with Gasteiger partial charge in [0.1, 0.15) is 11.5 Å². The quantitative estimate of drug-likeness (QED) is 0.819. The Bertz CT molecular complexity index is 399. The summed E-state index contributed by atoms with van der Waals surface area (Å²) in [5.41, 5.74) is 0. The van der Waals surface area contributed by atoms with E-state index in [0.29, 0.717) is 5.92 Å². The molecule has 0 amide bonds. The molecule has 0 aromatic carbocycles. The van der Waals surface area contributed by atoms with Crippen LogP contribution in [0.25, 0.3) is 0 Å². The van der Waals surface area contributed by atoms with E-state index in [1.54, 1.807) is 0 Å². The van der Waals surface area contributed by atoms with E-state index in [2.05, 4.69) is 4.90 Å². The predicted octanol–water partition coefficient (Wildman–Crippen LogP) is 1.78. The van der Waals surface area contributed by atoms with E-state index in [-0.39, 0.29) is 5.92 Å². The lowest BCUT2D eigenvalue weighted by molar-refractivity contribution is -0.138. The predicted molar refractivity (Wildman–Crippen MR) is 63.9 cm³/mol. The van der Waals surface area contributed by atoms with Crippen LogP contribution in [0.1, 0.15) is 17.9 Å². The van der Waals surface area contributed by atoms with Crippen LogP contribution in [0.15, 0.2) is 16.5 Å². The van der Waals surface area contributed by atoms with Gasteiger partial charge in [-0.1, -0.05) is 0 Å². The molecule has 1 fully saturated rings. The average Bonchev–Trinajstić information content (AvgIpc) is 2.90. The fourth-order valence-corrected chi connectivity index (χ4v) is 2.16. The van der Waals surface area contributed by atoms with Crippen molar-refractivity contribution in [3.05, 3.63) is 23.7 Å². The molecule has 1 aromatic rings. The number of rotatable bonds is 6. The van der Waals surface area contributed by atoms with E-state index in [1.165, 1.54) is 0 Å². The summed E-state index contributed by atoms with van der Waals surface area (Å²) in [6.45, 7) is 3.72. The molecule has 94 valence electrons. The molecule has 0 bridgehead atoms. The van der Waals surface area contributed by atoms with Gasteiger partial charge in [0.25, 0.3) is 0 Å². The van der Waals surface area contributed by atoms with Crippen LogP contribution < -0.4 is 0 Å². The maximum absolute atomic E-state index is 10.7. The monoisotopic (exact) mass is 237 g/mol. The van der Waals surface area contributed by atoms with Crippen molar-refractivity contribution in [2.75, 3.05) is 20.1 Å². The first-order valence-electron chi connectivity index (χ1n) is 6.03. The molecule has 1 saturated carbocycles. The summed E-state index contributed by atoms with van der Waals surface area (Å²) in [7, 11) is 2.03. The second kappa shape index (κ2) is 4.92. The van der Waals surface area contributed by atoms with Crippen LogP contribution in [-0.2, 0) is 11.2 Å². The Balaban J connectivity index is 1.68. The van der Waals surface area contributed by atoms with E-state index >= 15 is 0 Å². The Morgan fingerprint density at radius 2 is 2.35 bits per heavy atom. The lowest BCUT2D eigenvalue weighted by Crippen LogP contribution is -2.24. The van der Waals surface area contributed by atoms with Gasteiger partial charge in [0, 0.05) is 19.5 Å². The van der Waals surface area contributed by atoms with Crippen molar-refractivity contribution in [2.24, 2.45) is 11.8 Å². The van der Waals surface area contributed by atoms with Crippen LogP contribution in [-0.4, -0.2) is 36.1 Å². The second-order valence-corrected chi connectivity index (χ2v) is 4.97. The van der Waals surface area contributed by atoms with Crippen molar-refractivity contribution < 1.29 is 14.3 Å². The van der Waals surface area contributed by atoms with Crippen molar-refractivity contribution in [3.63, 3.8) is 0 Å². The Morgan fingerprint density at radius 1 is 1.59 bits per heavy atom. The highest BCUT2D eigenvalue weighted by molar-refractivity contribution is 5.73. The Kier molecular flexibility index (Phi) is 3.52. The van der Waals surface area contributed by atoms with Crippen molar-refractivity contribution in [2.45, 2.75) is 19.8 Å². The zero-order valence-corrected chi connectivity index (χ0v) is 10.3. The molecule has 2 unspecified atom stereocenters. The Labute approximate surface area is 101 Å². The maximum atomic E-state index is 10.7. The number of likely N-dealkylation sites (N-methyl/N-ethyl adjacent to an activating group) is 1. The zero-order valence-electron chi connectivity index (χ0n) is 10.3. The SMILES string of the molecule is Cc1ccc(CCN(C)CC2CC2C(=O)O)o1. The molecule has 2 rings (SSSR count). The molecular weight excluding hydrogens is 218 g/mol. The molecule has 4 heteroatoms. The second-order valence-electron chi connectivity index (χ2n) is 4.97. The summed E-state index contributed by atoms with van der Waals surface area (Å²) in [5, 5.41) is 8.81. The lowest BCUT2D eigenvalue weighted by Gasteiger charge is -2.15. The van der Waals surface area contributed by atoms with Gasteiger partial charge in [-0.3, -0.25) is 4.79 Å². The number of nitrogens with zero attached hydrogens (tertiary/aromatic N) is 1. The molecule has 0 aliphatic heterocycles. The highest BCUT2D eigenvalue weighted by atomic mass is 16.4. The van der Waals surface area contributed by atoms with Crippen molar-refractivity contribution in [1.82, 2.24) is 4.90 Å². The third-order valence-corrected chi connectivity index (χ3v) is 3.32. The summed E-state index contributed by atoms with van der Waals surface area (Å²) in [6, 6.07) is 3.97. The van der Waals surface area contributed by atoms with Gasteiger partial charge in [0.15, 0.2) is 0 Å². The highest BCUT2D eigenvalue weighted by Crippen LogP contribution is 2.38. The van der Waals surface area contributed by atoms with Crippen LogP contribution in [0, 0.1) is 18.8 Å². The third-order valence-electron chi connectivity index (χ3n) is 3.32. The third kappa shape index (κ3) is 3.33. The molecular formula is C13H19NO3. The minimum atomic E-state index is -0.648. The minimum Gasteiger partial charge on any atom is -0.481 e. The van der Waals surface area contributed by atoms with Crippen LogP contribution in [0.4, 0.5) is 0 Å². The smallest absolute Gasteiger partial charge is 0.306 e. The molecule has 1 aromatic heterocycles. The summed E-state index contributed by atoms with van der Waals surface area (Å²) in [6.07, 6.45) is 1.72. The van der Waals surface area contributed by atoms with Gasteiger partial charge >= 0.3 is 5.97 Å². The standard InChI is InChI=1S/C13H19NO3/c1-9-3-4-11(17-9)5-6-14(2)8-10-7-12(10)13(15)16/h3-4,10,12H,5-8H2,1-2H3,(H,15,16). The minimum absolute atomic E-state index is 0.108. The number of carboxylic acid groups (broad SMARTS) is 1. The van der Waals surface area contributed by atoms with Crippen molar-refractivity contribution in [3.8, 4) is 0 Å². The van der Waals surface area contributed by atoms with E-state index < -0.39 is 5.97 Å². The van der Waals surface area contributed by atoms with Gasteiger partial charge in [0.2, 0.25) is 0 Å². The normalized spacial score (nSPS) is 23.0. The van der Waals surface area contributed by atoms with Crippen LogP contribution in [0.5, 0.6) is 0 Å². The number of carbonyl (C=O) groups is 1. The Hall–Kier alpha value is -1.29. The molecule has 1 heterocycles. The van der Waals surface area contributed by atoms with E-state index in [4.69, 9.17) is 9.52 Å². The van der Waals surface area contributed by atoms with Crippen molar-refractivity contribution in [1.29, 1.82) is 0 Å². The largest absolute Gasteiger partial charge is 0.481 e. The topological polar surface area (TPSA) is 53.7 Å². The Morgan fingerprint density at radius 3 is 2.88 bits per heavy atom. The summed E-state index contributed by atoms with van der Waals surface area (Å²) < 4.78 is 5.49. The first-order chi connectivity index (χ1) is 8.06. The number of carboxylic acids is 1. The highest BCUT2D eigenvalue weighted by Gasteiger charge is 2.43. The maximum Gasteiger partial charge on any atom is 0.306 e. The molecule has 17 heavy (non-hydrogen) atoms. The fourth-order valence-electron chi connectivity index (χ4n) is 2.16. The zero-order chi connectivity index (χ0) is 12.4. The number of hydrogen-bond donors (Lipinski definition) is 1. The van der Waals surface area contributed by atoms with Gasteiger partial charge in [-0.2, -0.15) is 0 Å². The lowest BCUT2D eigenvalue weighted by atomic mass is 10.2. The van der Waals surface area contributed by atoms with E-state index in [0.717, 1.165) is 37.5 Å². The van der Waals surface area contributed by atoms with Crippen molar-refractivity contribution >= 4 is 5.97 Å². The summed E-state index contributed by atoms with van der Waals surface area (Å²) >= 11 is 0. The molecule has 4 nitrogen and oxygen atoms in total. The van der Waals surface area contributed by atoms with Gasteiger partial charge in [0.05, 0.1) is 5.92 Å². The van der Waals surface area contributed by atoms with Crippen LogP contribution in [0.3, 0.4) is 0 Å². The molecule has 0 saturated heterocycles. The summed E-state index contributed by atoms with van der Waals surface area (Å²) in [5.74, 6) is 1.53. The molecule has 1 aliphatic carbocycles. The first kappa shape index (κ1) is 12.2. The molecule has 0 spiro atoms. The molecule has 0 radical (unpaired) electrons. The van der Waals surface area contributed by atoms with Crippen LogP contribution >= 0.6 is 0 Å². The number of aliphatic carboxylic acids is 1. The molecule has 1 N–H and O–H groups in total. The number of aryl methyl sites for hydroxylation is 1. The average molecular weight is 237 g/mol. The number of furan rings is 1. The number of hydrogen-bond acceptors (Lipinski definition) is 3.